The van der Waals surface area contributed by atoms with E-state index in [9.17, 15) is 4.79 Å². The van der Waals surface area contributed by atoms with E-state index in [2.05, 4.69) is 9.97 Å². The molecule has 86 valence electrons. The number of carboxylic acids is 1. The van der Waals surface area contributed by atoms with Crippen LogP contribution in [0.2, 0.25) is 5.28 Å². The Hall–Kier alpha value is -1.94. The van der Waals surface area contributed by atoms with E-state index in [-0.39, 0.29) is 10.8 Å². The molecule has 4 nitrogen and oxygen atoms in total. The molecule has 5 heteroatoms. The van der Waals surface area contributed by atoms with E-state index < -0.39 is 5.97 Å². The summed E-state index contributed by atoms with van der Waals surface area (Å²) in [5.41, 5.74) is 2.07. The number of halogens is 1. The first-order valence-corrected chi connectivity index (χ1v) is 5.29. The van der Waals surface area contributed by atoms with Gasteiger partial charge in [-0.3, -0.25) is 0 Å². The quantitative estimate of drug-likeness (QED) is 0.830. The van der Waals surface area contributed by atoms with Crippen LogP contribution in [0.25, 0.3) is 11.3 Å². The van der Waals surface area contributed by atoms with Crippen molar-refractivity contribution in [1.29, 1.82) is 0 Å². The van der Waals surface area contributed by atoms with Gasteiger partial charge in [0.2, 0.25) is 5.28 Å². The topological polar surface area (TPSA) is 63.1 Å². The lowest BCUT2D eigenvalue weighted by molar-refractivity contribution is 0.0697. The van der Waals surface area contributed by atoms with Gasteiger partial charge in [0.25, 0.3) is 0 Å². The monoisotopic (exact) mass is 248 g/mol. The minimum absolute atomic E-state index is 0.103. The van der Waals surface area contributed by atoms with Crippen LogP contribution in [0.15, 0.2) is 30.5 Å². The summed E-state index contributed by atoms with van der Waals surface area (Å²) in [6.45, 7) is 1.81. The predicted molar refractivity (Wildman–Crippen MR) is 64.2 cm³/mol. The number of carbonyl (C=O) groups is 1. The SMILES string of the molecule is Cc1cnc(Cl)nc1-c1ccccc1C(=O)O. The molecule has 1 heterocycles. The van der Waals surface area contributed by atoms with E-state index in [1.165, 1.54) is 6.07 Å². The van der Waals surface area contributed by atoms with Crippen LogP contribution in [0.3, 0.4) is 0 Å². The number of nitrogens with zero attached hydrogens (tertiary/aromatic N) is 2. The van der Waals surface area contributed by atoms with Gasteiger partial charge in [0.05, 0.1) is 11.3 Å². The molecule has 0 radical (unpaired) electrons. The number of rotatable bonds is 2. The molecule has 0 aliphatic heterocycles. The molecule has 1 aromatic heterocycles. The molecule has 0 bridgehead atoms. The third kappa shape index (κ3) is 2.26. The Labute approximate surface area is 103 Å². The largest absolute Gasteiger partial charge is 0.478 e. The van der Waals surface area contributed by atoms with Crippen molar-refractivity contribution in [3.8, 4) is 11.3 Å². The van der Waals surface area contributed by atoms with Gasteiger partial charge < -0.3 is 5.11 Å². The van der Waals surface area contributed by atoms with Crippen LogP contribution in [0.4, 0.5) is 0 Å². The van der Waals surface area contributed by atoms with Crippen molar-refractivity contribution >= 4 is 17.6 Å². The van der Waals surface area contributed by atoms with E-state index in [1.807, 2.05) is 6.92 Å². The van der Waals surface area contributed by atoms with Crippen LogP contribution in [0.5, 0.6) is 0 Å². The van der Waals surface area contributed by atoms with Gasteiger partial charge in [-0.2, -0.15) is 0 Å². The molecule has 0 unspecified atom stereocenters. The molecule has 0 saturated heterocycles. The molecule has 0 aliphatic carbocycles. The van der Waals surface area contributed by atoms with Crippen molar-refractivity contribution in [1.82, 2.24) is 9.97 Å². The summed E-state index contributed by atoms with van der Waals surface area (Å²) in [4.78, 5) is 19.0. The van der Waals surface area contributed by atoms with Crippen molar-refractivity contribution in [2.45, 2.75) is 6.92 Å². The van der Waals surface area contributed by atoms with Crippen molar-refractivity contribution in [3.05, 3.63) is 46.9 Å². The van der Waals surface area contributed by atoms with Gasteiger partial charge in [-0.1, -0.05) is 18.2 Å². The van der Waals surface area contributed by atoms with Crippen LogP contribution >= 0.6 is 11.6 Å². The highest BCUT2D eigenvalue weighted by molar-refractivity contribution is 6.28. The zero-order chi connectivity index (χ0) is 12.4. The Balaban J connectivity index is 2.68. The number of aromatic nitrogens is 2. The maximum atomic E-state index is 11.1. The Morgan fingerprint density at radius 2 is 2.06 bits per heavy atom. The van der Waals surface area contributed by atoms with Crippen molar-refractivity contribution in [3.63, 3.8) is 0 Å². The molecule has 0 amide bonds. The Bertz CT molecular complexity index is 584. The minimum atomic E-state index is -0.991. The Kier molecular flexibility index (Phi) is 3.06. The lowest BCUT2D eigenvalue weighted by Gasteiger charge is -2.07. The highest BCUT2D eigenvalue weighted by Gasteiger charge is 2.14. The Morgan fingerprint density at radius 1 is 1.35 bits per heavy atom. The zero-order valence-electron chi connectivity index (χ0n) is 9.01. The highest BCUT2D eigenvalue weighted by atomic mass is 35.5. The van der Waals surface area contributed by atoms with Crippen LogP contribution in [-0.2, 0) is 0 Å². The summed E-state index contributed by atoms with van der Waals surface area (Å²) in [7, 11) is 0. The normalized spacial score (nSPS) is 10.2. The van der Waals surface area contributed by atoms with Crippen LogP contribution in [0, 0.1) is 6.92 Å². The van der Waals surface area contributed by atoms with Gasteiger partial charge in [0.15, 0.2) is 0 Å². The molecule has 1 aromatic carbocycles. The zero-order valence-corrected chi connectivity index (χ0v) is 9.77. The number of hydrogen-bond acceptors (Lipinski definition) is 3. The fourth-order valence-electron chi connectivity index (χ4n) is 1.57. The maximum Gasteiger partial charge on any atom is 0.336 e. The number of hydrogen-bond donors (Lipinski definition) is 1. The second kappa shape index (κ2) is 4.51. The number of aryl methyl sites for hydroxylation is 1. The molecule has 2 rings (SSSR count). The van der Waals surface area contributed by atoms with E-state index in [1.54, 1.807) is 24.4 Å². The molecule has 0 atom stereocenters. The summed E-state index contributed by atoms with van der Waals surface area (Å²) in [5, 5.41) is 9.21. The van der Waals surface area contributed by atoms with E-state index >= 15 is 0 Å². The highest BCUT2D eigenvalue weighted by Crippen LogP contribution is 2.25. The van der Waals surface area contributed by atoms with Crippen molar-refractivity contribution < 1.29 is 9.90 Å². The van der Waals surface area contributed by atoms with Gasteiger partial charge >= 0.3 is 5.97 Å². The summed E-state index contributed by atoms with van der Waals surface area (Å²) < 4.78 is 0. The number of aromatic carboxylic acids is 1. The van der Waals surface area contributed by atoms with Crippen LogP contribution in [-0.4, -0.2) is 21.0 Å². The molecular weight excluding hydrogens is 240 g/mol. The fourth-order valence-corrected chi connectivity index (χ4v) is 1.70. The van der Waals surface area contributed by atoms with Crippen molar-refractivity contribution in [2.75, 3.05) is 0 Å². The van der Waals surface area contributed by atoms with Gasteiger partial charge in [0.1, 0.15) is 0 Å². The van der Waals surface area contributed by atoms with Gasteiger partial charge in [0, 0.05) is 11.8 Å². The van der Waals surface area contributed by atoms with Gasteiger partial charge in [-0.15, -0.1) is 0 Å². The number of benzene rings is 1. The van der Waals surface area contributed by atoms with Crippen molar-refractivity contribution in [2.24, 2.45) is 0 Å². The third-order valence-corrected chi connectivity index (χ3v) is 2.54. The fraction of sp³-hybridized carbons (Fsp3) is 0.0833. The third-order valence-electron chi connectivity index (χ3n) is 2.35. The Morgan fingerprint density at radius 3 is 2.76 bits per heavy atom. The summed E-state index contributed by atoms with van der Waals surface area (Å²) in [5.74, 6) is -0.991. The molecule has 0 fully saturated rings. The first-order valence-electron chi connectivity index (χ1n) is 4.91. The molecule has 0 aliphatic rings. The van der Waals surface area contributed by atoms with Crippen LogP contribution in [0.1, 0.15) is 15.9 Å². The number of carboxylic acid groups (broad SMARTS) is 1. The smallest absolute Gasteiger partial charge is 0.336 e. The maximum absolute atomic E-state index is 11.1. The van der Waals surface area contributed by atoms with E-state index in [0.29, 0.717) is 11.3 Å². The van der Waals surface area contributed by atoms with E-state index in [0.717, 1.165) is 5.56 Å². The minimum Gasteiger partial charge on any atom is -0.478 e. The predicted octanol–water partition coefficient (Wildman–Crippen LogP) is 2.80. The second-order valence-electron chi connectivity index (χ2n) is 3.52. The molecule has 0 spiro atoms. The summed E-state index contributed by atoms with van der Waals surface area (Å²) >= 11 is 5.73. The lowest BCUT2D eigenvalue weighted by atomic mass is 10.0. The van der Waals surface area contributed by atoms with Gasteiger partial charge in [-0.05, 0) is 30.2 Å². The summed E-state index contributed by atoms with van der Waals surface area (Å²) in [6.07, 6.45) is 1.57. The molecule has 2 aromatic rings. The average Bonchev–Trinajstić information content (AvgIpc) is 2.32. The first kappa shape index (κ1) is 11.5. The average molecular weight is 249 g/mol. The first-order chi connectivity index (χ1) is 8.09. The van der Waals surface area contributed by atoms with E-state index in [4.69, 9.17) is 16.7 Å². The lowest BCUT2D eigenvalue weighted by Crippen LogP contribution is -2.01. The van der Waals surface area contributed by atoms with Crippen LogP contribution < -0.4 is 0 Å². The standard InChI is InChI=1S/C12H9ClN2O2/c1-7-6-14-12(13)15-10(7)8-4-2-3-5-9(8)11(16)17/h2-6H,1H3,(H,16,17). The van der Waals surface area contributed by atoms with Gasteiger partial charge in [-0.25, -0.2) is 14.8 Å². The summed E-state index contributed by atoms with van der Waals surface area (Å²) in [6, 6.07) is 6.67. The molecule has 1 N–H and O–H groups in total. The molecule has 17 heavy (non-hydrogen) atoms. The second-order valence-corrected chi connectivity index (χ2v) is 3.86. The molecule has 0 saturated carbocycles. The molecular formula is C12H9ClN2O2.